The largest absolute Gasteiger partial charge is 0.310 e. The molecule has 11 aromatic rings. The van der Waals surface area contributed by atoms with Gasteiger partial charge in [-0.05, 0) is 115 Å². The van der Waals surface area contributed by atoms with Gasteiger partial charge in [-0.2, -0.15) is 0 Å². The first kappa shape index (κ1) is 39.4. The second-order valence-electron chi connectivity index (χ2n) is 17.5. The molecule has 0 saturated heterocycles. The van der Waals surface area contributed by atoms with Crippen LogP contribution in [0.2, 0.25) is 0 Å². The average molecular weight is 867 g/mol. The van der Waals surface area contributed by atoms with Crippen molar-refractivity contribution in [3.8, 4) is 78.7 Å². The summed E-state index contributed by atoms with van der Waals surface area (Å²) in [7, 11) is 0. The second kappa shape index (κ2) is 16.2. The lowest BCUT2D eigenvalue weighted by Gasteiger charge is -2.45. The standard InChI is InChI=1S/C64H42N4/c1-4-19-43(20-5-1)45-23-16-26-49(39-45)61-65-62(50-27-17-24-46(40-50)44-21-6-2-7-22-44)67-63(66-61)51-28-18-25-47(41-51)48-37-38-54-53-31-10-11-32-55(53)64(58(54)42-48)56-33-12-14-35-59(56)68(52-29-8-3-9-30-52)60-36-15-13-34-57(60)64/h1-42H. The van der Waals surface area contributed by atoms with Crippen LogP contribution in [0.15, 0.2) is 255 Å². The van der Waals surface area contributed by atoms with Crippen LogP contribution in [0, 0.1) is 0 Å². The zero-order valence-electron chi connectivity index (χ0n) is 37.0. The Morgan fingerprint density at radius 1 is 0.250 bits per heavy atom. The van der Waals surface area contributed by atoms with Crippen molar-refractivity contribution in [1.82, 2.24) is 15.0 Å². The summed E-state index contributed by atoms with van der Waals surface area (Å²) < 4.78 is 0. The Bertz CT molecular complexity index is 3550. The van der Waals surface area contributed by atoms with Crippen molar-refractivity contribution in [2.75, 3.05) is 4.90 Å². The third kappa shape index (κ3) is 6.41. The molecular weight excluding hydrogens is 825 g/mol. The minimum absolute atomic E-state index is 0.557. The molecule has 13 rings (SSSR count). The van der Waals surface area contributed by atoms with Gasteiger partial charge in [0.05, 0.1) is 16.8 Å². The summed E-state index contributed by atoms with van der Waals surface area (Å²) in [5.41, 5.74) is 20.0. The zero-order valence-corrected chi connectivity index (χ0v) is 37.0. The van der Waals surface area contributed by atoms with E-state index in [-0.39, 0.29) is 0 Å². The Morgan fingerprint density at radius 3 is 1.13 bits per heavy atom. The SMILES string of the molecule is c1ccc(-c2cccc(-c3nc(-c4cccc(-c5ccccc5)c4)nc(-c4cccc(-c5ccc6c(c5)C5(c7ccccc7-6)c6ccccc6N(c6ccccc6)c6ccccc65)c4)n3)c2)cc1. The van der Waals surface area contributed by atoms with Crippen LogP contribution in [0.4, 0.5) is 17.1 Å². The van der Waals surface area contributed by atoms with Gasteiger partial charge in [0.25, 0.3) is 0 Å². The van der Waals surface area contributed by atoms with Gasteiger partial charge in [-0.1, -0.05) is 206 Å². The molecule has 10 aromatic carbocycles. The number of hydrogen-bond donors (Lipinski definition) is 0. The lowest BCUT2D eigenvalue weighted by atomic mass is 9.64. The normalized spacial score (nSPS) is 12.8. The third-order valence-electron chi connectivity index (χ3n) is 13.7. The Balaban J connectivity index is 0.973. The highest BCUT2D eigenvalue weighted by atomic mass is 15.2. The Kier molecular flexibility index (Phi) is 9.36. The molecule has 0 saturated carbocycles. The van der Waals surface area contributed by atoms with E-state index in [0.717, 1.165) is 55.8 Å². The summed E-state index contributed by atoms with van der Waals surface area (Å²) >= 11 is 0. The number of nitrogens with zero attached hydrogens (tertiary/aromatic N) is 4. The van der Waals surface area contributed by atoms with Gasteiger partial charge in [0.15, 0.2) is 17.5 Å². The minimum Gasteiger partial charge on any atom is -0.310 e. The number of benzene rings is 10. The van der Waals surface area contributed by atoms with Crippen molar-refractivity contribution >= 4 is 17.1 Å². The molecule has 318 valence electrons. The number of anilines is 3. The molecule has 2 heterocycles. The van der Waals surface area contributed by atoms with E-state index in [1.54, 1.807) is 0 Å². The van der Waals surface area contributed by atoms with Crippen LogP contribution in [-0.2, 0) is 5.41 Å². The summed E-state index contributed by atoms with van der Waals surface area (Å²) in [6, 6.07) is 91.3. The van der Waals surface area contributed by atoms with Crippen molar-refractivity contribution in [1.29, 1.82) is 0 Å². The van der Waals surface area contributed by atoms with Crippen LogP contribution in [0.25, 0.3) is 78.7 Å². The van der Waals surface area contributed by atoms with E-state index in [0.29, 0.717) is 17.5 Å². The van der Waals surface area contributed by atoms with Crippen molar-refractivity contribution < 1.29 is 0 Å². The van der Waals surface area contributed by atoms with Gasteiger partial charge < -0.3 is 4.90 Å². The molecule has 0 radical (unpaired) electrons. The topological polar surface area (TPSA) is 41.9 Å². The predicted octanol–water partition coefficient (Wildman–Crippen LogP) is 16.0. The predicted molar refractivity (Wildman–Crippen MR) is 278 cm³/mol. The number of aromatic nitrogens is 3. The fourth-order valence-corrected chi connectivity index (χ4v) is 10.7. The van der Waals surface area contributed by atoms with Gasteiger partial charge in [0, 0.05) is 22.4 Å². The molecular formula is C64H42N4. The fourth-order valence-electron chi connectivity index (χ4n) is 10.7. The maximum Gasteiger partial charge on any atom is 0.164 e. The molecule has 0 amide bonds. The molecule has 0 bridgehead atoms. The van der Waals surface area contributed by atoms with Crippen molar-refractivity contribution in [3.05, 3.63) is 277 Å². The lowest BCUT2D eigenvalue weighted by Crippen LogP contribution is -2.36. The van der Waals surface area contributed by atoms with E-state index in [2.05, 4.69) is 248 Å². The van der Waals surface area contributed by atoms with E-state index in [1.165, 1.54) is 44.8 Å². The third-order valence-corrected chi connectivity index (χ3v) is 13.7. The highest BCUT2D eigenvalue weighted by Gasteiger charge is 2.51. The van der Waals surface area contributed by atoms with Gasteiger partial charge in [-0.15, -0.1) is 0 Å². The van der Waals surface area contributed by atoms with Crippen LogP contribution in [0.5, 0.6) is 0 Å². The van der Waals surface area contributed by atoms with Gasteiger partial charge in [-0.25, -0.2) is 15.0 Å². The number of para-hydroxylation sites is 3. The molecule has 68 heavy (non-hydrogen) atoms. The molecule has 2 aliphatic rings. The molecule has 4 nitrogen and oxygen atoms in total. The van der Waals surface area contributed by atoms with E-state index in [1.807, 2.05) is 12.1 Å². The smallest absolute Gasteiger partial charge is 0.164 e. The van der Waals surface area contributed by atoms with Crippen molar-refractivity contribution in [2.24, 2.45) is 0 Å². The summed E-state index contributed by atoms with van der Waals surface area (Å²) in [6.45, 7) is 0. The van der Waals surface area contributed by atoms with Gasteiger partial charge in [0.2, 0.25) is 0 Å². The highest BCUT2D eigenvalue weighted by molar-refractivity contribution is 5.96. The van der Waals surface area contributed by atoms with Crippen molar-refractivity contribution in [3.63, 3.8) is 0 Å². The molecule has 1 spiro atoms. The maximum absolute atomic E-state index is 5.26. The van der Waals surface area contributed by atoms with Crippen LogP contribution >= 0.6 is 0 Å². The van der Waals surface area contributed by atoms with E-state index >= 15 is 0 Å². The zero-order chi connectivity index (χ0) is 45.0. The summed E-state index contributed by atoms with van der Waals surface area (Å²) in [4.78, 5) is 18.1. The summed E-state index contributed by atoms with van der Waals surface area (Å²) in [6.07, 6.45) is 0. The minimum atomic E-state index is -0.557. The lowest BCUT2D eigenvalue weighted by molar-refractivity contribution is 0.753. The molecule has 0 N–H and O–H groups in total. The average Bonchev–Trinajstić information content (AvgIpc) is 3.71. The molecule has 4 heteroatoms. The number of fused-ring (bicyclic) bond motifs is 9. The quantitative estimate of drug-likeness (QED) is 0.160. The van der Waals surface area contributed by atoms with Crippen LogP contribution < -0.4 is 4.90 Å². The number of hydrogen-bond acceptors (Lipinski definition) is 4. The molecule has 1 aliphatic carbocycles. The van der Waals surface area contributed by atoms with E-state index in [9.17, 15) is 0 Å². The monoisotopic (exact) mass is 866 g/mol. The first-order valence-electron chi connectivity index (χ1n) is 23.2. The van der Waals surface area contributed by atoms with Crippen molar-refractivity contribution in [2.45, 2.75) is 5.41 Å². The van der Waals surface area contributed by atoms with Crippen LogP contribution in [0.1, 0.15) is 22.3 Å². The Labute approximate surface area is 396 Å². The first-order valence-corrected chi connectivity index (χ1v) is 23.2. The molecule has 1 aromatic heterocycles. The summed E-state index contributed by atoms with van der Waals surface area (Å²) in [5, 5.41) is 0. The Morgan fingerprint density at radius 2 is 0.618 bits per heavy atom. The van der Waals surface area contributed by atoms with Crippen LogP contribution in [-0.4, -0.2) is 15.0 Å². The highest BCUT2D eigenvalue weighted by Crippen LogP contribution is 2.63. The Hall–Kier alpha value is -8.99. The van der Waals surface area contributed by atoms with E-state index < -0.39 is 5.41 Å². The fraction of sp³-hybridized carbons (Fsp3) is 0.0156. The number of rotatable bonds is 7. The van der Waals surface area contributed by atoms with Gasteiger partial charge in [-0.3, -0.25) is 0 Å². The first-order chi connectivity index (χ1) is 33.7. The molecule has 1 aliphatic heterocycles. The van der Waals surface area contributed by atoms with Gasteiger partial charge in [0.1, 0.15) is 0 Å². The maximum atomic E-state index is 5.26. The second-order valence-corrected chi connectivity index (χ2v) is 17.5. The van der Waals surface area contributed by atoms with Crippen LogP contribution in [0.3, 0.4) is 0 Å². The molecule has 0 atom stereocenters. The molecule has 0 unspecified atom stereocenters. The summed E-state index contributed by atoms with van der Waals surface area (Å²) in [5.74, 6) is 1.85. The van der Waals surface area contributed by atoms with E-state index in [4.69, 9.17) is 15.0 Å². The van der Waals surface area contributed by atoms with Gasteiger partial charge >= 0.3 is 0 Å². The molecule has 0 fully saturated rings.